The first kappa shape index (κ1) is 13.4. The molecule has 0 bridgehead atoms. The molecule has 5 heteroatoms. The number of carbonyl (C=O) groups excluding carboxylic acids is 1. The SMILES string of the molecule is CC(C)CNC(=O)C(C)Nc1nc2ccccc2o1. The summed E-state index contributed by atoms with van der Waals surface area (Å²) < 4.78 is 5.51. The van der Waals surface area contributed by atoms with Gasteiger partial charge in [-0.15, -0.1) is 0 Å². The van der Waals surface area contributed by atoms with Crippen LogP contribution in [0, 0.1) is 5.92 Å². The highest BCUT2D eigenvalue weighted by molar-refractivity contribution is 5.84. The highest BCUT2D eigenvalue weighted by Gasteiger charge is 2.15. The molecule has 1 amide bonds. The summed E-state index contributed by atoms with van der Waals surface area (Å²) in [6, 6.07) is 7.48. The zero-order chi connectivity index (χ0) is 13.8. The largest absolute Gasteiger partial charge is 0.424 e. The molecule has 0 aliphatic heterocycles. The average molecular weight is 261 g/mol. The molecule has 5 nitrogen and oxygen atoms in total. The normalized spacial score (nSPS) is 12.6. The molecule has 0 aliphatic rings. The molecular weight excluding hydrogens is 242 g/mol. The van der Waals surface area contributed by atoms with Crippen LogP contribution in [0.2, 0.25) is 0 Å². The average Bonchev–Trinajstić information content (AvgIpc) is 2.77. The zero-order valence-electron chi connectivity index (χ0n) is 11.4. The fraction of sp³-hybridized carbons (Fsp3) is 0.429. The molecule has 2 aromatic rings. The van der Waals surface area contributed by atoms with Gasteiger partial charge in [0.1, 0.15) is 11.6 Å². The Morgan fingerprint density at radius 2 is 2.05 bits per heavy atom. The molecule has 1 unspecified atom stereocenters. The minimum absolute atomic E-state index is 0.0593. The van der Waals surface area contributed by atoms with E-state index in [0.29, 0.717) is 24.1 Å². The maximum Gasteiger partial charge on any atom is 0.296 e. The van der Waals surface area contributed by atoms with E-state index in [1.54, 1.807) is 6.92 Å². The molecule has 0 aliphatic carbocycles. The van der Waals surface area contributed by atoms with Gasteiger partial charge in [0, 0.05) is 6.54 Å². The van der Waals surface area contributed by atoms with Crippen LogP contribution in [-0.4, -0.2) is 23.5 Å². The van der Waals surface area contributed by atoms with Crippen molar-refractivity contribution in [3.63, 3.8) is 0 Å². The van der Waals surface area contributed by atoms with Crippen molar-refractivity contribution >= 4 is 23.0 Å². The van der Waals surface area contributed by atoms with Crippen LogP contribution in [-0.2, 0) is 4.79 Å². The highest BCUT2D eigenvalue weighted by atomic mass is 16.4. The molecule has 0 radical (unpaired) electrons. The number of amides is 1. The van der Waals surface area contributed by atoms with E-state index in [-0.39, 0.29) is 11.9 Å². The second kappa shape index (κ2) is 5.73. The molecule has 102 valence electrons. The number of nitrogens with one attached hydrogen (secondary N) is 2. The predicted molar refractivity (Wildman–Crippen MR) is 74.9 cm³/mol. The molecule has 1 atom stereocenters. The third-order valence-electron chi connectivity index (χ3n) is 2.71. The number of rotatable bonds is 5. The first-order chi connectivity index (χ1) is 9.06. The van der Waals surface area contributed by atoms with E-state index in [9.17, 15) is 4.79 Å². The summed E-state index contributed by atoms with van der Waals surface area (Å²) in [6.45, 7) is 6.56. The van der Waals surface area contributed by atoms with Crippen LogP contribution in [0.25, 0.3) is 11.1 Å². The van der Waals surface area contributed by atoms with Crippen LogP contribution in [0.5, 0.6) is 0 Å². The quantitative estimate of drug-likeness (QED) is 0.867. The van der Waals surface area contributed by atoms with Gasteiger partial charge in [-0.05, 0) is 25.0 Å². The minimum Gasteiger partial charge on any atom is -0.424 e. The van der Waals surface area contributed by atoms with E-state index in [1.807, 2.05) is 24.3 Å². The lowest BCUT2D eigenvalue weighted by Crippen LogP contribution is -2.39. The fourth-order valence-corrected chi connectivity index (χ4v) is 1.64. The van der Waals surface area contributed by atoms with Gasteiger partial charge in [0.05, 0.1) is 0 Å². The molecule has 19 heavy (non-hydrogen) atoms. The number of anilines is 1. The summed E-state index contributed by atoms with van der Waals surface area (Å²) >= 11 is 0. The van der Waals surface area contributed by atoms with E-state index in [4.69, 9.17) is 4.42 Å². The van der Waals surface area contributed by atoms with E-state index in [2.05, 4.69) is 29.5 Å². The van der Waals surface area contributed by atoms with Crippen molar-refractivity contribution in [3.05, 3.63) is 24.3 Å². The lowest BCUT2D eigenvalue weighted by Gasteiger charge is -2.13. The Balaban J connectivity index is 1.98. The van der Waals surface area contributed by atoms with E-state index in [0.717, 1.165) is 5.52 Å². The summed E-state index contributed by atoms with van der Waals surface area (Å²) in [4.78, 5) is 16.1. The molecule has 1 aromatic heterocycles. The second-order valence-electron chi connectivity index (χ2n) is 4.99. The summed E-state index contributed by atoms with van der Waals surface area (Å²) in [5, 5.41) is 5.83. The topological polar surface area (TPSA) is 67.2 Å². The van der Waals surface area contributed by atoms with Crippen molar-refractivity contribution < 1.29 is 9.21 Å². The lowest BCUT2D eigenvalue weighted by molar-refractivity contribution is -0.121. The number of carbonyl (C=O) groups is 1. The first-order valence-corrected chi connectivity index (χ1v) is 6.46. The van der Waals surface area contributed by atoms with Gasteiger partial charge < -0.3 is 15.1 Å². The third-order valence-corrected chi connectivity index (χ3v) is 2.71. The highest BCUT2D eigenvalue weighted by Crippen LogP contribution is 2.18. The molecule has 2 rings (SSSR count). The van der Waals surface area contributed by atoms with Gasteiger partial charge in [-0.1, -0.05) is 26.0 Å². The molecule has 0 saturated heterocycles. The Morgan fingerprint density at radius 3 is 2.74 bits per heavy atom. The van der Waals surface area contributed by atoms with Crippen LogP contribution in [0.1, 0.15) is 20.8 Å². The number of benzene rings is 1. The van der Waals surface area contributed by atoms with Gasteiger partial charge >= 0.3 is 0 Å². The summed E-state index contributed by atoms with van der Waals surface area (Å²) in [7, 11) is 0. The van der Waals surface area contributed by atoms with E-state index < -0.39 is 0 Å². The zero-order valence-corrected chi connectivity index (χ0v) is 11.4. The molecule has 0 saturated carbocycles. The van der Waals surface area contributed by atoms with Crippen molar-refractivity contribution in [2.75, 3.05) is 11.9 Å². The van der Waals surface area contributed by atoms with Crippen LogP contribution in [0.15, 0.2) is 28.7 Å². The molecular formula is C14H19N3O2. The minimum atomic E-state index is -0.383. The van der Waals surface area contributed by atoms with Gasteiger partial charge in [0.15, 0.2) is 5.58 Å². The lowest BCUT2D eigenvalue weighted by atomic mass is 10.2. The fourth-order valence-electron chi connectivity index (χ4n) is 1.64. The summed E-state index contributed by atoms with van der Waals surface area (Å²) in [5.74, 6) is 0.372. The molecule has 0 fully saturated rings. The maximum absolute atomic E-state index is 11.8. The van der Waals surface area contributed by atoms with E-state index >= 15 is 0 Å². The van der Waals surface area contributed by atoms with Crippen LogP contribution < -0.4 is 10.6 Å². The molecule has 1 aromatic carbocycles. The van der Waals surface area contributed by atoms with Crippen molar-refractivity contribution in [1.82, 2.24) is 10.3 Å². The molecule has 0 spiro atoms. The third kappa shape index (κ3) is 3.47. The Bertz CT molecular complexity index is 530. The second-order valence-corrected chi connectivity index (χ2v) is 4.99. The van der Waals surface area contributed by atoms with Crippen molar-refractivity contribution in [2.24, 2.45) is 5.92 Å². The number of oxazole rings is 1. The van der Waals surface area contributed by atoms with Crippen LogP contribution in [0.4, 0.5) is 6.01 Å². The Morgan fingerprint density at radius 1 is 1.32 bits per heavy atom. The Labute approximate surface area is 112 Å². The first-order valence-electron chi connectivity index (χ1n) is 6.46. The van der Waals surface area contributed by atoms with Crippen LogP contribution >= 0.6 is 0 Å². The summed E-state index contributed by atoms with van der Waals surface area (Å²) in [6.07, 6.45) is 0. The number of hydrogen-bond acceptors (Lipinski definition) is 4. The predicted octanol–water partition coefficient (Wildman–Crippen LogP) is 2.40. The molecule has 1 heterocycles. The van der Waals surface area contributed by atoms with Gasteiger partial charge in [0.2, 0.25) is 5.91 Å². The van der Waals surface area contributed by atoms with Gasteiger partial charge in [-0.25, -0.2) is 0 Å². The molecule has 2 N–H and O–H groups in total. The standard InChI is InChI=1S/C14H19N3O2/c1-9(2)8-15-13(18)10(3)16-14-17-11-6-4-5-7-12(11)19-14/h4-7,9-10H,8H2,1-3H3,(H,15,18)(H,16,17). The number of aromatic nitrogens is 1. The number of fused-ring (bicyclic) bond motifs is 1. The Hall–Kier alpha value is -2.04. The smallest absolute Gasteiger partial charge is 0.296 e. The van der Waals surface area contributed by atoms with Crippen molar-refractivity contribution in [2.45, 2.75) is 26.8 Å². The van der Waals surface area contributed by atoms with Crippen molar-refractivity contribution in [1.29, 1.82) is 0 Å². The van der Waals surface area contributed by atoms with Crippen LogP contribution in [0.3, 0.4) is 0 Å². The van der Waals surface area contributed by atoms with Crippen molar-refractivity contribution in [3.8, 4) is 0 Å². The maximum atomic E-state index is 11.8. The summed E-state index contributed by atoms with van der Waals surface area (Å²) in [5.41, 5.74) is 1.49. The van der Waals surface area contributed by atoms with Gasteiger partial charge in [-0.3, -0.25) is 4.79 Å². The monoisotopic (exact) mass is 261 g/mol. The van der Waals surface area contributed by atoms with Gasteiger partial charge in [0.25, 0.3) is 6.01 Å². The van der Waals surface area contributed by atoms with Gasteiger partial charge in [-0.2, -0.15) is 4.98 Å². The Kier molecular flexibility index (Phi) is 4.04. The number of nitrogens with zero attached hydrogens (tertiary/aromatic N) is 1. The van der Waals surface area contributed by atoms with E-state index in [1.165, 1.54) is 0 Å². The number of para-hydroxylation sites is 2. The number of hydrogen-bond donors (Lipinski definition) is 2.